The molecule has 6 heteroatoms. The first kappa shape index (κ1) is 13.8. The fourth-order valence-electron chi connectivity index (χ4n) is 1.98. The molecule has 1 saturated heterocycles. The number of carbonyl (C=O) groups is 2. The van der Waals surface area contributed by atoms with Crippen LogP contribution in [-0.4, -0.2) is 49.8 Å². The van der Waals surface area contributed by atoms with Gasteiger partial charge in [-0.15, -0.1) is 0 Å². The quantitative estimate of drug-likeness (QED) is 0.725. The number of ether oxygens (including phenoxy) is 2. The largest absolute Gasteiger partial charge is 0.468 e. The molecule has 0 saturated carbocycles. The minimum atomic E-state index is -0.593. The van der Waals surface area contributed by atoms with Gasteiger partial charge in [-0.25, -0.2) is 4.79 Å². The second-order valence-corrected chi connectivity index (χ2v) is 4.07. The Kier molecular flexibility index (Phi) is 5.21. The number of hydrogen-bond donors (Lipinski definition) is 1. The third-order valence-corrected chi connectivity index (χ3v) is 3.05. The minimum absolute atomic E-state index is 0.0770. The molecule has 98 valence electrons. The molecule has 2 N–H and O–H groups in total. The molecule has 1 unspecified atom stereocenters. The molecule has 1 aliphatic heterocycles. The molecule has 1 rings (SSSR count). The maximum atomic E-state index is 11.4. The summed E-state index contributed by atoms with van der Waals surface area (Å²) in [5.41, 5.74) is 5.77. The second-order valence-electron chi connectivity index (χ2n) is 4.07. The van der Waals surface area contributed by atoms with Crippen LogP contribution in [0.1, 0.15) is 19.8 Å². The third-order valence-electron chi connectivity index (χ3n) is 3.05. The zero-order valence-electron chi connectivity index (χ0n) is 10.3. The van der Waals surface area contributed by atoms with Gasteiger partial charge in [0.1, 0.15) is 6.04 Å². The van der Waals surface area contributed by atoms with E-state index in [4.69, 9.17) is 10.5 Å². The van der Waals surface area contributed by atoms with Gasteiger partial charge >= 0.3 is 12.1 Å². The molecule has 0 spiro atoms. The van der Waals surface area contributed by atoms with Gasteiger partial charge in [0.2, 0.25) is 0 Å². The van der Waals surface area contributed by atoms with E-state index >= 15 is 0 Å². The zero-order valence-corrected chi connectivity index (χ0v) is 10.3. The average molecular weight is 244 g/mol. The van der Waals surface area contributed by atoms with E-state index < -0.39 is 6.04 Å². The van der Waals surface area contributed by atoms with Gasteiger partial charge in [-0.05, 0) is 25.7 Å². The molecule has 1 atom stereocenters. The summed E-state index contributed by atoms with van der Waals surface area (Å²) in [5.74, 6) is -0.312. The van der Waals surface area contributed by atoms with Crippen molar-refractivity contribution in [1.29, 1.82) is 0 Å². The lowest BCUT2D eigenvalue weighted by molar-refractivity contribution is -0.143. The van der Waals surface area contributed by atoms with E-state index in [9.17, 15) is 9.59 Å². The molecule has 0 aromatic rings. The molecule has 1 aliphatic rings. The standard InChI is InChI=1S/C11H20N2O4/c1-3-17-11(15)13-6-4-8(5-7-13)9(12)10(14)16-2/h8-9H,3-7,12H2,1-2H3. The number of hydrogen-bond acceptors (Lipinski definition) is 5. The van der Waals surface area contributed by atoms with Gasteiger partial charge in [-0.1, -0.05) is 0 Å². The van der Waals surface area contributed by atoms with Crippen LogP contribution in [-0.2, 0) is 14.3 Å². The maximum absolute atomic E-state index is 11.4. The van der Waals surface area contributed by atoms with Gasteiger partial charge in [0, 0.05) is 13.1 Å². The highest BCUT2D eigenvalue weighted by Gasteiger charge is 2.31. The number of amides is 1. The maximum Gasteiger partial charge on any atom is 0.409 e. The summed E-state index contributed by atoms with van der Waals surface area (Å²) in [6.07, 6.45) is 1.11. The van der Waals surface area contributed by atoms with Crippen LogP contribution >= 0.6 is 0 Å². The number of nitrogens with two attached hydrogens (primary N) is 1. The van der Waals surface area contributed by atoms with E-state index in [1.807, 2.05) is 0 Å². The highest BCUT2D eigenvalue weighted by molar-refractivity contribution is 5.75. The van der Waals surface area contributed by atoms with Crippen LogP contribution in [0.2, 0.25) is 0 Å². The van der Waals surface area contributed by atoms with Gasteiger partial charge in [-0.3, -0.25) is 4.79 Å². The van der Waals surface area contributed by atoms with E-state index in [1.54, 1.807) is 11.8 Å². The van der Waals surface area contributed by atoms with Gasteiger partial charge in [0.05, 0.1) is 13.7 Å². The van der Waals surface area contributed by atoms with Gasteiger partial charge in [0.15, 0.2) is 0 Å². The Morgan fingerprint density at radius 3 is 2.47 bits per heavy atom. The Morgan fingerprint density at radius 1 is 1.41 bits per heavy atom. The van der Waals surface area contributed by atoms with Crippen molar-refractivity contribution in [1.82, 2.24) is 4.90 Å². The first-order valence-electron chi connectivity index (χ1n) is 5.85. The second kappa shape index (κ2) is 6.44. The number of likely N-dealkylation sites (tertiary alicyclic amines) is 1. The molecular weight excluding hydrogens is 224 g/mol. The molecule has 0 radical (unpaired) electrons. The van der Waals surface area contributed by atoms with Gasteiger partial charge in [0.25, 0.3) is 0 Å². The normalized spacial score (nSPS) is 18.6. The smallest absolute Gasteiger partial charge is 0.409 e. The van der Waals surface area contributed by atoms with Crippen LogP contribution in [0.3, 0.4) is 0 Å². The first-order valence-corrected chi connectivity index (χ1v) is 5.85. The lowest BCUT2D eigenvalue weighted by atomic mass is 9.90. The predicted octanol–water partition coefficient (Wildman–Crippen LogP) is 0.355. The Bertz CT molecular complexity index is 275. The lowest BCUT2D eigenvalue weighted by Gasteiger charge is -2.33. The Hall–Kier alpha value is -1.30. The lowest BCUT2D eigenvalue weighted by Crippen LogP contribution is -2.46. The molecule has 6 nitrogen and oxygen atoms in total. The van der Waals surface area contributed by atoms with E-state index in [0.29, 0.717) is 32.5 Å². The van der Waals surface area contributed by atoms with Crippen molar-refractivity contribution in [3.8, 4) is 0 Å². The van der Waals surface area contributed by atoms with Crippen molar-refractivity contribution in [2.45, 2.75) is 25.8 Å². The molecule has 1 heterocycles. The topological polar surface area (TPSA) is 81.9 Å². The van der Waals surface area contributed by atoms with Gasteiger partial charge < -0.3 is 20.1 Å². The summed E-state index contributed by atoms with van der Waals surface area (Å²) in [6, 6.07) is -0.593. The van der Waals surface area contributed by atoms with Crippen molar-refractivity contribution >= 4 is 12.1 Å². The van der Waals surface area contributed by atoms with Gasteiger partial charge in [-0.2, -0.15) is 0 Å². The Labute approximate surface area is 101 Å². The Morgan fingerprint density at radius 2 is 2.00 bits per heavy atom. The molecule has 0 aliphatic carbocycles. The van der Waals surface area contributed by atoms with Crippen molar-refractivity contribution in [2.24, 2.45) is 11.7 Å². The first-order chi connectivity index (χ1) is 8.10. The molecule has 1 amide bonds. The highest BCUT2D eigenvalue weighted by Crippen LogP contribution is 2.20. The van der Waals surface area contributed by atoms with Crippen LogP contribution < -0.4 is 5.73 Å². The summed E-state index contributed by atoms with van der Waals surface area (Å²) < 4.78 is 9.52. The minimum Gasteiger partial charge on any atom is -0.468 e. The summed E-state index contributed by atoms with van der Waals surface area (Å²) in [5, 5.41) is 0. The van der Waals surface area contributed by atoms with Crippen LogP contribution in [0.15, 0.2) is 0 Å². The van der Waals surface area contributed by atoms with E-state index in [0.717, 1.165) is 0 Å². The summed E-state index contributed by atoms with van der Waals surface area (Å²) in [6.45, 7) is 3.31. The molecule has 0 aromatic heterocycles. The fourth-order valence-corrected chi connectivity index (χ4v) is 1.98. The summed E-state index contributed by atoms with van der Waals surface area (Å²) in [7, 11) is 1.33. The third kappa shape index (κ3) is 3.59. The summed E-state index contributed by atoms with van der Waals surface area (Å²) in [4.78, 5) is 24.4. The monoisotopic (exact) mass is 244 g/mol. The van der Waals surface area contributed by atoms with Crippen molar-refractivity contribution < 1.29 is 19.1 Å². The van der Waals surface area contributed by atoms with Crippen molar-refractivity contribution in [3.63, 3.8) is 0 Å². The van der Waals surface area contributed by atoms with E-state index in [1.165, 1.54) is 7.11 Å². The molecule has 0 bridgehead atoms. The number of rotatable bonds is 3. The predicted molar refractivity (Wildman–Crippen MR) is 61.3 cm³/mol. The fraction of sp³-hybridized carbons (Fsp3) is 0.818. The van der Waals surface area contributed by atoms with Crippen LogP contribution in [0.5, 0.6) is 0 Å². The van der Waals surface area contributed by atoms with Crippen LogP contribution in [0.4, 0.5) is 4.79 Å². The number of methoxy groups -OCH3 is 1. The Balaban J connectivity index is 2.40. The van der Waals surface area contributed by atoms with Crippen LogP contribution in [0, 0.1) is 5.92 Å². The van der Waals surface area contributed by atoms with Crippen molar-refractivity contribution in [2.75, 3.05) is 26.8 Å². The zero-order chi connectivity index (χ0) is 12.8. The molecule has 0 aromatic carbocycles. The average Bonchev–Trinajstić information content (AvgIpc) is 2.37. The van der Waals surface area contributed by atoms with E-state index in [2.05, 4.69) is 4.74 Å². The highest BCUT2D eigenvalue weighted by atomic mass is 16.6. The molecular formula is C11H20N2O4. The van der Waals surface area contributed by atoms with Crippen LogP contribution in [0.25, 0.3) is 0 Å². The molecule has 17 heavy (non-hydrogen) atoms. The SMILES string of the molecule is CCOC(=O)N1CCC(C(N)C(=O)OC)CC1. The summed E-state index contributed by atoms with van der Waals surface area (Å²) >= 11 is 0. The van der Waals surface area contributed by atoms with Crippen molar-refractivity contribution in [3.05, 3.63) is 0 Å². The number of esters is 1. The number of nitrogens with zero attached hydrogens (tertiary/aromatic N) is 1. The molecule has 1 fully saturated rings. The van der Waals surface area contributed by atoms with E-state index in [-0.39, 0.29) is 18.0 Å². The number of carbonyl (C=O) groups excluding carboxylic acids is 2. The number of piperidine rings is 1.